The number of thiol groups is 1. The Kier molecular flexibility index (Phi) is 39.9. The predicted molar refractivity (Wildman–Crippen MR) is 407 cm³/mol. The van der Waals surface area contributed by atoms with Crippen LogP contribution in [-0.4, -0.2) is 261 Å². The highest BCUT2D eigenvalue weighted by molar-refractivity contribution is 7.89. The zero-order valence-corrected chi connectivity index (χ0v) is 63.2. The second kappa shape index (κ2) is 48.0. The number of carbonyl (C=O) groups is 10. The maximum Gasteiger partial charge on any atom is 0.326 e. The Morgan fingerprint density at radius 2 is 0.838 bits per heavy atom. The molecule has 0 saturated heterocycles. The van der Waals surface area contributed by atoms with E-state index in [1.54, 1.807) is 0 Å². The highest BCUT2D eigenvalue weighted by atomic mass is 32.2. The first-order valence-electron chi connectivity index (χ1n) is 36.8. The molecule has 0 radical (unpaired) electrons. The molecule has 29 heteroatoms. The van der Waals surface area contributed by atoms with E-state index in [-0.39, 0.29) is 101 Å². The summed E-state index contributed by atoms with van der Waals surface area (Å²) in [5.41, 5.74) is 20.7. The SMILES string of the molecule is CC(C)CN(CC(=O)N(CCc1ccccc1)CC(=O)N(CCCCN)CC(=O)N(CC(=O)N(CCc1ccccc1)CC(=O)N(CCc1ccccc1)CC(=O)N(CCc1ccc(S(N)(=O)=O)cc1)CC(=O)N(CCCCN)CC(=O)NC(CCS)C(=O)O)C1CCCCC1)C(=O)CNCCCCN. The van der Waals surface area contributed by atoms with Crippen molar-refractivity contribution in [3.63, 3.8) is 0 Å². The van der Waals surface area contributed by atoms with E-state index in [1.807, 2.05) is 105 Å². The molecule has 578 valence electrons. The van der Waals surface area contributed by atoms with E-state index in [4.69, 9.17) is 22.3 Å². The molecule has 0 heterocycles. The van der Waals surface area contributed by atoms with Crippen LogP contribution in [0.1, 0.15) is 113 Å². The molecular formula is C76H114N14O13S2. The van der Waals surface area contributed by atoms with Crippen molar-refractivity contribution in [1.82, 2.24) is 49.8 Å². The summed E-state index contributed by atoms with van der Waals surface area (Å²) < 4.78 is 24.4. The average molecular weight is 1500 g/mol. The molecule has 0 spiro atoms. The molecule has 0 aromatic heterocycles. The van der Waals surface area contributed by atoms with Gasteiger partial charge in [0.05, 0.1) is 57.3 Å². The Morgan fingerprint density at radius 1 is 0.467 bits per heavy atom. The van der Waals surface area contributed by atoms with Gasteiger partial charge in [0.2, 0.25) is 63.2 Å². The van der Waals surface area contributed by atoms with Crippen LogP contribution in [0.4, 0.5) is 0 Å². The molecule has 1 unspecified atom stereocenters. The van der Waals surface area contributed by atoms with Gasteiger partial charge in [-0.15, -0.1) is 0 Å². The first-order chi connectivity index (χ1) is 50.4. The molecule has 0 aliphatic heterocycles. The molecule has 0 bridgehead atoms. The topological polar surface area (TPSA) is 379 Å². The summed E-state index contributed by atoms with van der Waals surface area (Å²) in [5, 5.41) is 20.8. The lowest BCUT2D eigenvalue weighted by Gasteiger charge is -2.37. The van der Waals surface area contributed by atoms with Crippen molar-refractivity contribution >= 4 is 81.8 Å². The van der Waals surface area contributed by atoms with Crippen LogP contribution in [0, 0.1) is 5.92 Å². The molecule has 1 saturated carbocycles. The molecule has 11 N–H and O–H groups in total. The number of amides is 9. The van der Waals surface area contributed by atoms with E-state index >= 15 is 24.0 Å². The van der Waals surface area contributed by atoms with Gasteiger partial charge in [-0.05, 0) is 156 Å². The zero-order valence-electron chi connectivity index (χ0n) is 61.5. The van der Waals surface area contributed by atoms with Gasteiger partial charge in [0.15, 0.2) is 0 Å². The van der Waals surface area contributed by atoms with E-state index in [2.05, 4.69) is 23.3 Å². The quantitative estimate of drug-likeness (QED) is 0.0233. The third-order valence-corrected chi connectivity index (χ3v) is 19.5. The fourth-order valence-corrected chi connectivity index (χ4v) is 13.1. The molecule has 4 aromatic rings. The normalized spacial score (nSPS) is 12.6. The Labute approximate surface area is 625 Å². The molecule has 9 amide bonds. The van der Waals surface area contributed by atoms with E-state index < -0.39 is 121 Å². The average Bonchev–Trinajstić information content (AvgIpc) is 0.866. The molecule has 1 aliphatic carbocycles. The molecule has 4 aromatic carbocycles. The van der Waals surface area contributed by atoms with Gasteiger partial charge in [-0.2, -0.15) is 12.6 Å². The van der Waals surface area contributed by atoms with E-state index in [0.29, 0.717) is 83.1 Å². The van der Waals surface area contributed by atoms with Crippen molar-refractivity contribution in [2.45, 2.75) is 134 Å². The fourth-order valence-electron chi connectivity index (χ4n) is 12.3. The van der Waals surface area contributed by atoms with E-state index in [1.165, 1.54) is 63.5 Å². The molecule has 1 fully saturated rings. The third kappa shape index (κ3) is 32.9. The summed E-state index contributed by atoms with van der Waals surface area (Å²) >= 11 is 4.13. The van der Waals surface area contributed by atoms with Crippen LogP contribution < -0.4 is 33.0 Å². The van der Waals surface area contributed by atoms with Crippen LogP contribution in [0.25, 0.3) is 0 Å². The maximum atomic E-state index is 15.5. The number of carboxylic acids is 1. The van der Waals surface area contributed by atoms with Crippen LogP contribution in [0.2, 0.25) is 0 Å². The number of rotatable bonds is 50. The predicted octanol–water partition coefficient (Wildman–Crippen LogP) is 2.92. The number of carbonyl (C=O) groups excluding carboxylic acids is 9. The number of primary sulfonamides is 1. The van der Waals surface area contributed by atoms with E-state index in [0.717, 1.165) is 48.8 Å². The van der Waals surface area contributed by atoms with Gasteiger partial charge in [-0.25, -0.2) is 18.4 Å². The fraction of sp³-hybridized carbons (Fsp3) is 0.553. The third-order valence-electron chi connectivity index (χ3n) is 18.3. The molecule has 1 atom stereocenters. The minimum absolute atomic E-state index is 0.00406. The Balaban J connectivity index is 1.50. The smallest absolute Gasteiger partial charge is 0.326 e. The van der Waals surface area contributed by atoms with E-state index in [9.17, 15) is 37.5 Å². The first-order valence-corrected chi connectivity index (χ1v) is 39.0. The zero-order chi connectivity index (χ0) is 76.5. The van der Waals surface area contributed by atoms with Crippen molar-refractivity contribution in [2.75, 3.05) is 137 Å². The van der Waals surface area contributed by atoms with Gasteiger partial charge < -0.3 is 72.1 Å². The number of hydrogen-bond donors (Lipinski definition) is 8. The highest BCUT2D eigenvalue weighted by Crippen LogP contribution is 2.24. The van der Waals surface area contributed by atoms with Gasteiger partial charge in [-0.3, -0.25) is 43.2 Å². The van der Waals surface area contributed by atoms with Crippen LogP contribution in [0.3, 0.4) is 0 Å². The number of nitrogens with two attached hydrogens (primary N) is 4. The lowest BCUT2D eigenvalue weighted by atomic mass is 9.94. The van der Waals surface area contributed by atoms with Gasteiger partial charge in [0, 0.05) is 51.9 Å². The highest BCUT2D eigenvalue weighted by Gasteiger charge is 2.35. The molecular weight excluding hydrogens is 1380 g/mol. The Morgan fingerprint density at radius 3 is 1.23 bits per heavy atom. The largest absolute Gasteiger partial charge is 0.480 e. The number of nitrogens with one attached hydrogen (secondary N) is 2. The second-order valence-corrected chi connectivity index (χ2v) is 29.2. The van der Waals surface area contributed by atoms with Crippen molar-refractivity contribution < 1.29 is 61.5 Å². The van der Waals surface area contributed by atoms with Gasteiger partial charge in [0.1, 0.15) is 12.6 Å². The molecule has 5 rings (SSSR count). The summed E-state index contributed by atoms with van der Waals surface area (Å²) in [6, 6.07) is 32.0. The summed E-state index contributed by atoms with van der Waals surface area (Å²) in [6.45, 7) is 2.06. The lowest BCUT2D eigenvalue weighted by Crippen LogP contribution is -2.55. The van der Waals surface area contributed by atoms with Crippen molar-refractivity contribution in [1.29, 1.82) is 0 Å². The summed E-state index contributed by atoms with van der Waals surface area (Å²) in [4.78, 5) is 156. The van der Waals surface area contributed by atoms with Gasteiger partial charge >= 0.3 is 5.97 Å². The lowest BCUT2D eigenvalue weighted by molar-refractivity contribution is -0.150. The second-order valence-electron chi connectivity index (χ2n) is 27.2. The number of hydrogen-bond acceptors (Lipinski definition) is 17. The van der Waals surface area contributed by atoms with Crippen molar-refractivity contribution in [3.05, 3.63) is 138 Å². The Bertz CT molecular complexity index is 3450. The minimum Gasteiger partial charge on any atom is -0.480 e. The van der Waals surface area contributed by atoms with Gasteiger partial charge in [0.25, 0.3) is 0 Å². The molecule has 1 aliphatic rings. The monoisotopic (exact) mass is 1490 g/mol. The number of sulfonamides is 1. The number of nitrogens with zero attached hydrogens (tertiary/aromatic N) is 8. The maximum absolute atomic E-state index is 15.5. The summed E-state index contributed by atoms with van der Waals surface area (Å²) in [7, 11) is -4.06. The van der Waals surface area contributed by atoms with Crippen LogP contribution >= 0.6 is 12.6 Å². The molecule has 105 heavy (non-hydrogen) atoms. The summed E-state index contributed by atoms with van der Waals surface area (Å²) in [6.07, 6.45) is 7.94. The summed E-state index contributed by atoms with van der Waals surface area (Å²) in [5.74, 6) is -6.19. The number of benzene rings is 4. The molecule has 27 nitrogen and oxygen atoms in total. The Hall–Kier alpha value is -8.32. The number of unbranched alkanes of at least 4 members (excludes halogenated alkanes) is 3. The van der Waals surface area contributed by atoms with Gasteiger partial charge in [-0.1, -0.05) is 136 Å². The minimum atomic E-state index is -4.06. The number of aliphatic carboxylic acids is 1. The first kappa shape index (κ1) is 87.3. The van der Waals surface area contributed by atoms with Crippen molar-refractivity contribution in [3.8, 4) is 0 Å². The standard InChI is InChI=1S/C76H114N14O13S2/c1-59(2)50-89(68(92)49-81-41-18-15-38-77)56-73(97)87(45-34-61-23-9-4-10-24-61)53-70(94)84(43-20-17-40-79)57-75(99)90(64-27-13-6-14-28-64)58-74(98)88(46-35-62-25-11-5-12-26-62)55-72(96)85(44-33-60-21-7-3-8-22-60)54-71(95)86(47-36-63-29-31-65(32-30-63)105(80,102)103)52-69(93)83(42-19-16-39-78)51-67(91)82-66(37-48-104)76(100)101/h3-5,7-12,21-26,29-32,59,64,66,81,104H,6,13-20,27-28,33-58,77-79H2,1-2H3,(H,82,91)(H,100,101)(H2,80,102,103). The number of carboxylic acid groups (broad SMARTS) is 1. The van der Waals surface area contributed by atoms with Crippen molar-refractivity contribution in [2.24, 2.45) is 28.3 Å². The van der Waals surface area contributed by atoms with Crippen LogP contribution in [0.15, 0.2) is 120 Å². The van der Waals surface area contributed by atoms with Crippen LogP contribution in [0.5, 0.6) is 0 Å². The van der Waals surface area contributed by atoms with Crippen LogP contribution in [-0.2, 0) is 83.7 Å².